The van der Waals surface area contributed by atoms with Crippen LogP contribution < -0.4 is 5.73 Å². The molecule has 17 heavy (non-hydrogen) atoms. The fraction of sp³-hybridized carbons (Fsp3) is 0.636. The average Bonchev–Trinajstić information content (AvgIpc) is 2.72. The second kappa shape index (κ2) is 5.73. The first kappa shape index (κ1) is 12.7. The van der Waals surface area contributed by atoms with Crippen molar-refractivity contribution < 1.29 is 4.79 Å². The minimum Gasteiger partial charge on any atom is -0.375 e. The summed E-state index contributed by atoms with van der Waals surface area (Å²) in [4.78, 5) is 17.9. The molecule has 4 nitrogen and oxygen atoms in total. The number of hydrogen-bond acceptors (Lipinski definition) is 5. The van der Waals surface area contributed by atoms with Crippen molar-refractivity contribution in [1.29, 1.82) is 0 Å². The van der Waals surface area contributed by atoms with Crippen molar-refractivity contribution in [3.63, 3.8) is 0 Å². The number of anilines is 1. The van der Waals surface area contributed by atoms with Crippen LogP contribution in [-0.4, -0.2) is 34.6 Å². The summed E-state index contributed by atoms with van der Waals surface area (Å²) in [5, 5.41) is 0.562. The summed E-state index contributed by atoms with van der Waals surface area (Å²) in [5.74, 6) is 1.36. The molecule has 0 saturated carbocycles. The fourth-order valence-electron chi connectivity index (χ4n) is 1.98. The first-order valence-corrected chi connectivity index (χ1v) is 7.57. The maximum Gasteiger partial charge on any atom is 0.232 e. The minimum atomic E-state index is 0.230. The predicted octanol–water partition coefficient (Wildman–Crippen LogP) is 2.08. The van der Waals surface area contributed by atoms with Gasteiger partial charge in [-0.2, -0.15) is 0 Å². The van der Waals surface area contributed by atoms with E-state index in [1.165, 1.54) is 29.5 Å². The molecule has 1 fully saturated rings. The molecule has 1 amide bonds. The van der Waals surface area contributed by atoms with Gasteiger partial charge < -0.3 is 10.6 Å². The number of hydrogen-bond donors (Lipinski definition) is 1. The number of thiazole rings is 1. The molecule has 2 rings (SSSR count). The maximum absolute atomic E-state index is 12.0. The fourth-order valence-corrected chi connectivity index (χ4v) is 3.64. The lowest BCUT2D eigenvalue weighted by Gasteiger charge is -2.30. The van der Waals surface area contributed by atoms with Gasteiger partial charge >= 0.3 is 0 Å². The first-order valence-electron chi connectivity index (χ1n) is 5.77. The van der Waals surface area contributed by atoms with Crippen LogP contribution in [-0.2, 0) is 4.79 Å². The molecule has 0 bridgehead atoms. The molecule has 94 valence electrons. The number of carbonyl (C=O) groups is 1. The summed E-state index contributed by atoms with van der Waals surface area (Å²) in [7, 11) is 0. The molecular weight excluding hydrogens is 254 g/mol. The van der Waals surface area contributed by atoms with Crippen LogP contribution in [0.3, 0.4) is 0 Å². The third-order valence-corrected chi connectivity index (χ3v) is 4.86. The second-order valence-corrected chi connectivity index (χ2v) is 6.73. The van der Waals surface area contributed by atoms with Gasteiger partial charge in [-0.05, 0) is 18.8 Å². The van der Waals surface area contributed by atoms with Gasteiger partial charge in [0, 0.05) is 13.1 Å². The number of nitrogen functional groups attached to an aromatic ring is 1. The number of nitrogens with zero attached hydrogens (tertiary/aromatic N) is 2. The van der Waals surface area contributed by atoms with Crippen molar-refractivity contribution in [2.24, 2.45) is 5.92 Å². The molecule has 0 radical (unpaired) electrons. The summed E-state index contributed by atoms with van der Waals surface area (Å²) in [6, 6.07) is 0. The second-order valence-electron chi connectivity index (χ2n) is 4.39. The largest absolute Gasteiger partial charge is 0.375 e. The highest BCUT2D eigenvalue weighted by Gasteiger charge is 2.20. The third-order valence-electron chi connectivity index (χ3n) is 2.85. The van der Waals surface area contributed by atoms with Crippen LogP contribution in [0.15, 0.2) is 10.4 Å². The predicted molar refractivity (Wildman–Crippen MR) is 72.2 cm³/mol. The van der Waals surface area contributed by atoms with Crippen molar-refractivity contribution in [3.05, 3.63) is 6.20 Å². The van der Waals surface area contributed by atoms with Crippen LogP contribution in [0.2, 0.25) is 0 Å². The van der Waals surface area contributed by atoms with Crippen LogP contribution in [0.4, 0.5) is 5.13 Å². The van der Waals surface area contributed by atoms with E-state index < -0.39 is 0 Å². The van der Waals surface area contributed by atoms with Crippen LogP contribution in [0, 0.1) is 5.92 Å². The van der Waals surface area contributed by atoms with Crippen molar-refractivity contribution in [2.45, 2.75) is 24.0 Å². The van der Waals surface area contributed by atoms with E-state index in [-0.39, 0.29) is 5.91 Å². The van der Waals surface area contributed by atoms with Gasteiger partial charge in [-0.15, -0.1) is 11.8 Å². The highest BCUT2D eigenvalue weighted by molar-refractivity contribution is 8.01. The minimum absolute atomic E-state index is 0.230. The molecule has 2 N–H and O–H groups in total. The van der Waals surface area contributed by atoms with Gasteiger partial charge in [-0.3, -0.25) is 4.79 Å². The van der Waals surface area contributed by atoms with Crippen molar-refractivity contribution >= 4 is 34.1 Å². The standard InChI is InChI=1S/C11H17N3OS2/c1-8-3-2-4-14(6-8)9(15)7-16-10-5-13-11(12)17-10/h5,8H,2-4,6-7H2,1H3,(H2,12,13). The SMILES string of the molecule is CC1CCCN(C(=O)CSc2cnc(N)s2)C1. The number of thioether (sulfide) groups is 1. The number of likely N-dealkylation sites (tertiary alicyclic amines) is 1. The third kappa shape index (κ3) is 3.61. The summed E-state index contributed by atoms with van der Waals surface area (Å²) < 4.78 is 1.01. The Bertz CT molecular complexity index is 394. The Labute approximate surface area is 110 Å². The number of rotatable bonds is 3. The van der Waals surface area contributed by atoms with Gasteiger partial charge in [0.05, 0.1) is 16.2 Å². The molecule has 2 heterocycles. The van der Waals surface area contributed by atoms with Gasteiger partial charge in [0.15, 0.2) is 5.13 Å². The van der Waals surface area contributed by atoms with E-state index in [1.807, 2.05) is 4.90 Å². The number of nitrogens with two attached hydrogens (primary N) is 1. The Kier molecular flexibility index (Phi) is 4.28. The Balaban J connectivity index is 1.80. The van der Waals surface area contributed by atoms with E-state index in [2.05, 4.69) is 11.9 Å². The number of amides is 1. The summed E-state index contributed by atoms with van der Waals surface area (Å²) in [5.41, 5.74) is 5.54. The van der Waals surface area contributed by atoms with Gasteiger partial charge in [0.2, 0.25) is 5.91 Å². The van der Waals surface area contributed by atoms with Gasteiger partial charge in [-0.25, -0.2) is 4.98 Å². The zero-order chi connectivity index (χ0) is 12.3. The molecule has 1 aliphatic rings. The van der Waals surface area contributed by atoms with Gasteiger partial charge in [-0.1, -0.05) is 18.3 Å². The molecule has 1 saturated heterocycles. The molecule has 0 aliphatic carbocycles. The molecule has 6 heteroatoms. The molecule has 0 spiro atoms. The highest BCUT2D eigenvalue weighted by atomic mass is 32.2. The Hall–Kier alpha value is -0.750. The topological polar surface area (TPSA) is 59.2 Å². The maximum atomic E-state index is 12.0. The van der Waals surface area contributed by atoms with Crippen LogP contribution in [0.5, 0.6) is 0 Å². The smallest absolute Gasteiger partial charge is 0.232 e. The van der Waals surface area contributed by atoms with Crippen LogP contribution in [0.25, 0.3) is 0 Å². The van der Waals surface area contributed by atoms with Gasteiger partial charge in [0.25, 0.3) is 0 Å². The lowest BCUT2D eigenvalue weighted by Crippen LogP contribution is -2.40. The van der Waals surface area contributed by atoms with E-state index in [9.17, 15) is 4.79 Å². The summed E-state index contributed by atoms with van der Waals surface area (Å²) in [6.07, 6.45) is 4.10. The highest BCUT2D eigenvalue weighted by Crippen LogP contribution is 2.27. The zero-order valence-corrected chi connectivity index (χ0v) is 11.5. The monoisotopic (exact) mass is 271 g/mol. The number of piperidine rings is 1. The van der Waals surface area contributed by atoms with Crippen LogP contribution >= 0.6 is 23.1 Å². The molecule has 0 aromatic carbocycles. The Morgan fingerprint density at radius 2 is 2.59 bits per heavy atom. The molecule has 1 aliphatic heterocycles. The quantitative estimate of drug-likeness (QED) is 0.855. The molecule has 1 aromatic rings. The summed E-state index contributed by atoms with van der Waals surface area (Å²) >= 11 is 2.96. The Morgan fingerprint density at radius 3 is 3.24 bits per heavy atom. The van der Waals surface area contributed by atoms with Crippen molar-refractivity contribution in [1.82, 2.24) is 9.88 Å². The average molecular weight is 271 g/mol. The van der Waals surface area contributed by atoms with E-state index in [4.69, 9.17) is 5.73 Å². The van der Waals surface area contributed by atoms with E-state index in [0.717, 1.165) is 23.7 Å². The van der Waals surface area contributed by atoms with Crippen LogP contribution in [0.1, 0.15) is 19.8 Å². The molecule has 1 unspecified atom stereocenters. The molecule has 1 aromatic heterocycles. The number of carbonyl (C=O) groups excluding carboxylic acids is 1. The normalized spacial score (nSPS) is 20.5. The lowest BCUT2D eigenvalue weighted by atomic mass is 10.0. The first-order chi connectivity index (χ1) is 8.15. The molecular formula is C11H17N3OS2. The summed E-state index contributed by atoms with van der Waals surface area (Å²) in [6.45, 7) is 4.02. The van der Waals surface area contributed by atoms with E-state index in [1.54, 1.807) is 6.20 Å². The van der Waals surface area contributed by atoms with Crippen molar-refractivity contribution in [2.75, 3.05) is 24.6 Å². The zero-order valence-electron chi connectivity index (χ0n) is 9.89. The van der Waals surface area contributed by atoms with E-state index >= 15 is 0 Å². The Morgan fingerprint density at radius 1 is 1.76 bits per heavy atom. The molecule has 1 atom stereocenters. The van der Waals surface area contributed by atoms with Crippen molar-refractivity contribution in [3.8, 4) is 0 Å². The van der Waals surface area contributed by atoms with E-state index in [0.29, 0.717) is 16.8 Å². The van der Waals surface area contributed by atoms with Gasteiger partial charge in [0.1, 0.15) is 0 Å². The number of aromatic nitrogens is 1. The lowest BCUT2D eigenvalue weighted by molar-refractivity contribution is -0.130.